The molecule has 14 heavy (non-hydrogen) atoms. The fraction of sp³-hybridized carbons (Fsp3) is 0.500. The standard InChI is InChI=1S/C10H17N3O/c1-3-13-8-10(7-12-13)6-11-9(2)4-5-14/h3,7-9,11,14H,1,4-6H2,2H3. The Kier molecular flexibility index (Phi) is 4.35. The van der Waals surface area contributed by atoms with Crippen molar-refractivity contribution in [2.45, 2.75) is 25.9 Å². The van der Waals surface area contributed by atoms with Gasteiger partial charge in [0.2, 0.25) is 0 Å². The minimum absolute atomic E-state index is 0.222. The molecule has 0 radical (unpaired) electrons. The van der Waals surface area contributed by atoms with E-state index in [2.05, 4.69) is 17.0 Å². The maximum atomic E-state index is 8.71. The monoisotopic (exact) mass is 195 g/mol. The highest BCUT2D eigenvalue weighted by Gasteiger charge is 2.01. The second-order valence-corrected chi connectivity index (χ2v) is 3.31. The van der Waals surface area contributed by atoms with Gasteiger partial charge in [0.15, 0.2) is 0 Å². The van der Waals surface area contributed by atoms with Crippen molar-refractivity contribution in [2.24, 2.45) is 0 Å². The third kappa shape index (κ3) is 3.32. The quantitative estimate of drug-likeness (QED) is 0.707. The van der Waals surface area contributed by atoms with Crippen LogP contribution in [0, 0.1) is 0 Å². The molecule has 2 N–H and O–H groups in total. The first kappa shape index (κ1) is 10.9. The van der Waals surface area contributed by atoms with E-state index in [1.54, 1.807) is 17.1 Å². The molecule has 0 fully saturated rings. The molecule has 0 amide bonds. The summed E-state index contributed by atoms with van der Waals surface area (Å²) in [6.45, 7) is 6.66. The van der Waals surface area contributed by atoms with Crippen LogP contribution in [0.5, 0.6) is 0 Å². The molecule has 1 unspecified atom stereocenters. The van der Waals surface area contributed by atoms with Gasteiger partial charge >= 0.3 is 0 Å². The Morgan fingerprint density at radius 3 is 3.14 bits per heavy atom. The first-order valence-corrected chi connectivity index (χ1v) is 4.76. The molecule has 0 aliphatic rings. The number of aromatic nitrogens is 2. The SMILES string of the molecule is C=Cn1cc(CNC(C)CCO)cn1. The molecule has 0 saturated carbocycles. The third-order valence-electron chi connectivity index (χ3n) is 2.06. The molecule has 0 aromatic carbocycles. The molecule has 0 spiro atoms. The molecule has 1 rings (SSSR count). The Labute approximate surface area is 84.2 Å². The number of nitrogens with zero attached hydrogens (tertiary/aromatic N) is 2. The molecule has 1 aromatic heterocycles. The lowest BCUT2D eigenvalue weighted by Gasteiger charge is -2.10. The normalized spacial score (nSPS) is 12.7. The highest BCUT2D eigenvalue weighted by molar-refractivity contribution is 5.17. The van der Waals surface area contributed by atoms with Gasteiger partial charge in [0.25, 0.3) is 0 Å². The van der Waals surface area contributed by atoms with Crippen LogP contribution in [0.15, 0.2) is 19.0 Å². The second-order valence-electron chi connectivity index (χ2n) is 3.31. The van der Waals surface area contributed by atoms with Crippen molar-refractivity contribution >= 4 is 6.20 Å². The average Bonchev–Trinajstić information content (AvgIpc) is 2.63. The highest BCUT2D eigenvalue weighted by Crippen LogP contribution is 1.99. The Hall–Kier alpha value is -1.13. The predicted octanol–water partition coefficient (Wildman–Crippen LogP) is 0.844. The summed E-state index contributed by atoms with van der Waals surface area (Å²) in [5, 5.41) is 16.1. The lowest BCUT2D eigenvalue weighted by Crippen LogP contribution is -2.26. The number of hydrogen-bond acceptors (Lipinski definition) is 3. The van der Waals surface area contributed by atoms with Gasteiger partial charge in [-0.3, -0.25) is 0 Å². The maximum Gasteiger partial charge on any atom is 0.0538 e. The molecule has 1 atom stereocenters. The summed E-state index contributed by atoms with van der Waals surface area (Å²) in [7, 11) is 0. The van der Waals surface area contributed by atoms with Gasteiger partial charge in [0.1, 0.15) is 0 Å². The summed E-state index contributed by atoms with van der Waals surface area (Å²) in [5.41, 5.74) is 1.12. The summed E-state index contributed by atoms with van der Waals surface area (Å²) in [6.07, 6.45) is 6.16. The van der Waals surface area contributed by atoms with E-state index in [4.69, 9.17) is 5.11 Å². The summed E-state index contributed by atoms with van der Waals surface area (Å²) in [6, 6.07) is 0.326. The smallest absolute Gasteiger partial charge is 0.0538 e. The van der Waals surface area contributed by atoms with Crippen molar-refractivity contribution in [1.29, 1.82) is 0 Å². The Balaban J connectivity index is 2.33. The van der Waals surface area contributed by atoms with E-state index >= 15 is 0 Å². The van der Waals surface area contributed by atoms with Gasteiger partial charge in [0.05, 0.1) is 6.20 Å². The summed E-state index contributed by atoms with van der Waals surface area (Å²) in [5.74, 6) is 0. The maximum absolute atomic E-state index is 8.71. The fourth-order valence-electron chi connectivity index (χ4n) is 1.16. The predicted molar refractivity (Wildman–Crippen MR) is 56.6 cm³/mol. The zero-order chi connectivity index (χ0) is 10.4. The molecule has 0 aliphatic carbocycles. The van der Waals surface area contributed by atoms with E-state index in [9.17, 15) is 0 Å². The summed E-state index contributed by atoms with van der Waals surface area (Å²) >= 11 is 0. The zero-order valence-electron chi connectivity index (χ0n) is 8.48. The van der Waals surface area contributed by atoms with Crippen molar-refractivity contribution < 1.29 is 5.11 Å². The zero-order valence-corrected chi connectivity index (χ0v) is 8.48. The molecule has 0 saturated heterocycles. The Bertz CT molecular complexity index is 283. The van der Waals surface area contributed by atoms with Crippen LogP contribution in [0.3, 0.4) is 0 Å². The van der Waals surface area contributed by atoms with E-state index in [0.29, 0.717) is 6.04 Å². The fourth-order valence-corrected chi connectivity index (χ4v) is 1.16. The molecule has 0 bridgehead atoms. The Morgan fingerprint density at radius 1 is 1.79 bits per heavy atom. The van der Waals surface area contributed by atoms with Crippen LogP contribution in [0.25, 0.3) is 6.20 Å². The van der Waals surface area contributed by atoms with Gasteiger partial charge in [-0.05, 0) is 13.3 Å². The van der Waals surface area contributed by atoms with Crippen LogP contribution in [0.1, 0.15) is 18.9 Å². The van der Waals surface area contributed by atoms with Gasteiger partial charge in [-0.1, -0.05) is 6.58 Å². The van der Waals surface area contributed by atoms with Crippen molar-refractivity contribution in [3.63, 3.8) is 0 Å². The molecule has 4 heteroatoms. The number of hydrogen-bond donors (Lipinski definition) is 2. The van der Waals surface area contributed by atoms with E-state index < -0.39 is 0 Å². The third-order valence-corrected chi connectivity index (χ3v) is 2.06. The van der Waals surface area contributed by atoms with E-state index in [-0.39, 0.29) is 6.61 Å². The largest absolute Gasteiger partial charge is 0.396 e. The van der Waals surface area contributed by atoms with Gasteiger partial charge in [-0.2, -0.15) is 5.10 Å². The number of aliphatic hydroxyl groups excluding tert-OH is 1. The molecule has 1 heterocycles. The van der Waals surface area contributed by atoms with Crippen molar-refractivity contribution in [3.05, 3.63) is 24.5 Å². The first-order chi connectivity index (χ1) is 6.76. The van der Waals surface area contributed by atoms with Crippen LogP contribution in [0.4, 0.5) is 0 Å². The molecule has 78 valence electrons. The number of nitrogens with one attached hydrogen (secondary N) is 1. The van der Waals surface area contributed by atoms with E-state index in [0.717, 1.165) is 18.5 Å². The topological polar surface area (TPSA) is 50.1 Å². The van der Waals surface area contributed by atoms with Gasteiger partial charge in [-0.15, -0.1) is 0 Å². The van der Waals surface area contributed by atoms with Crippen LogP contribution < -0.4 is 5.32 Å². The lowest BCUT2D eigenvalue weighted by atomic mass is 10.2. The molecule has 1 aromatic rings. The summed E-state index contributed by atoms with van der Waals surface area (Å²) < 4.78 is 1.67. The van der Waals surface area contributed by atoms with E-state index in [1.165, 1.54) is 0 Å². The van der Waals surface area contributed by atoms with Crippen molar-refractivity contribution in [2.75, 3.05) is 6.61 Å². The molecular formula is C10H17N3O. The minimum atomic E-state index is 0.222. The average molecular weight is 195 g/mol. The number of aliphatic hydroxyl groups is 1. The lowest BCUT2D eigenvalue weighted by molar-refractivity contribution is 0.268. The molecular weight excluding hydrogens is 178 g/mol. The Morgan fingerprint density at radius 2 is 2.57 bits per heavy atom. The highest BCUT2D eigenvalue weighted by atomic mass is 16.3. The van der Waals surface area contributed by atoms with Crippen LogP contribution in [-0.4, -0.2) is 27.5 Å². The van der Waals surface area contributed by atoms with Gasteiger partial charge in [0, 0.05) is 37.2 Å². The van der Waals surface area contributed by atoms with Crippen LogP contribution >= 0.6 is 0 Å². The minimum Gasteiger partial charge on any atom is -0.396 e. The number of rotatable bonds is 6. The van der Waals surface area contributed by atoms with E-state index in [1.807, 2.05) is 13.1 Å². The second kappa shape index (κ2) is 5.57. The van der Waals surface area contributed by atoms with Gasteiger partial charge < -0.3 is 10.4 Å². The first-order valence-electron chi connectivity index (χ1n) is 4.76. The van der Waals surface area contributed by atoms with Crippen molar-refractivity contribution in [1.82, 2.24) is 15.1 Å². The van der Waals surface area contributed by atoms with Gasteiger partial charge in [-0.25, -0.2) is 4.68 Å². The van der Waals surface area contributed by atoms with Crippen molar-refractivity contribution in [3.8, 4) is 0 Å². The van der Waals surface area contributed by atoms with Crippen LogP contribution in [0.2, 0.25) is 0 Å². The summed E-state index contributed by atoms with van der Waals surface area (Å²) in [4.78, 5) is 0. The van der Waals surface area contributed by atoms with Crippen LogP contribution in [-0.2, 0) is 6.54 Å². The molecule has 4 nitrogen and oxygen atoms in total. The molecule has 0 aliphatic heterocycles.